The van der Waals surface area contributed by atoms with Crippen LogP contribution in [0.2, 0.25) is 19.6 Å². The lowest BCUT2D eigenvalue weighted by molar-refractivity contribution is -0.146. The number of rotatable bonds is 9. The van der Waals surface area contributed by atoms with Crippen LogP contribution in [-0.4, -0.2) is 56.9 Å². The van der Waals surface area contributed by atoms with Gasteiger partial charge in [-0.05, 0) is 18.7 Å². The number of carbonyl (C=O) groups excluding carboxylic acids is 1. The molecule has 0 fully saturated rings. The zero-order valence-electron chi connectivity index (χ0n) is 15.5. The summed E-state index contributed by atoms with van der Waals surface area (Å²) in [6.45, 7) is 13.8. The summed E-state index contributed by atoms with van der Waals surface area (Å²) in [4.78, 5) is 14.4. The van der Waals surface area contributed by atoms with Crippen LogP contribution < -0.4 is 5.19 Å². The number of carbonyl (C=O) groups is 1. The second kappa shape index (κ2) is 10.9. The topological polar surface area (TPSA) is 49.8 Å². The third-order valence-corrected chi connectivity index (χ3v) is 6.26. The highest BCUT2D eigenvalue weighted by Crippen LogP contribution is 2.17. The Labute approximate surface area is 153 Å². The first kappa shape index (κ1) is 23.1. The molecule has 0 radical (unpaired) electrons. The van der Waals surface area contributed by atoms with Crippen molar-refractivity contribution in [1.29, 1.82) is 0 Å². The molecule has 1 atom stereocenters. The molecule has 0 saturated carbocycles. The maximum Gasteiger partial charge on any atom is 0.315 e. The van der Waals surface area contributed by atoms with Gasteiger partial charge in [0.15, 0.2) is 0 Å². The molecule has 1 unspecified atom stereocenters. The molecule has 1 aromatic carbocycles. The first-order chi connectivity index (χ1) is 10.8. The standard InChI is InChI=1S/C18H31NO3Si.ClH/c1-6-19(7-2)12-13-22-18(21)17(14-20)15-8-10-16(11-9-15)23(3,4)5;/h8-11,17,20H,6-7,12-14H2,1-5H3;1H. The van der Waals surface area contributed by atoms with Gasteiger partial charge in [-0.3, -0.25) is 4.79 Å². The lowest BCUT2D eigenvalue weighted by Gasteiger charge is -2.20. The molecular weight excluding hydrogens is 342 g/mol. The lowest BCUT2D eigenvalue weighted by Crippen LogP contribution is -2.37. The number of likely N-dealkylation sites (N-methyl/N-ethyl adjacent to an activating group) is 1. The first-order valence-electron chi connectivity index (χ1n) is 8.43. The van der Waals surface area contributed by atoms with E-state index in [9.17, 15) is 9.90 Å². The molecular formula is C18H32ClNO3Si. The maximum atomic E-state index is 12.2. The molecule has 0 aliphatic rings. The van der Waals surface area contributed by atoms with E-state index in [0.29, 0.717) is 6.61 Å². The molecule has 0 aliphatic carbocycles. The number of benzene rings is 1. The van der Waals surface area contributed by atoms with Gasteiger partial charge in [-0.25, -0.2) is 0 Å². The fraction of sp³-hybridized carbons (Fsp3) is 0.611. The van der Waals surface area contributed by atoms with Crippen molar-refractivity contribution >= 4 is 31.6 Å². The van der Waals surface area contributed by atoms with Crippen LogP contribution in [-0.2, 0) is 9.53 Å². The monoisotopic (exact) mass is 373 g/mol. The Morgan fingerprint density at radius 1 is 1.17 bits per heavy atom. The summed E-state index contributed by atoms with van der Waals surface area (Å²) in [5, 5.41) is 10.9. The maximum absolute atomic E-state index is 12.2. The van der Waals surface area contributed by atoms with Crippen LogP contribution in [0.15, 0.2) is 24.3 Å². The molecule has 0 aliphatic heterocycles. The Hall–Kier alpha value is -0.883. The fourth-order valence-corrected chi connectivity index (χ4v) is 3.61. The zero-order chi connectivity index (χ0) is 17.5. The average molecular weight is 374 g/mol. The SMILES string of the molecule is CCN(CC)CCOC(=O)C(CO)c1ccc([Si](C)(C)C)cc1.Cl. The van der Waals surface area contributed by atoms with Gasteiger partial charge in [0.25, 0.3) is 0 Å². The number of esters is 1. The van der Waals surface area contributed by atoms with Crippen molar-refractivity contribution in [2.45, 2.75) is 39.4 Å². The lowest BCUT2D eigenvalue weighted by atomic mass is 10.0. The zero-order valence-corrected chi connectivity index (χ0v) is 17.4. The van der Waals surface area contributed by atoms with Crippen molar-refractivity contribution in [2.75, 3.05) is 32.8 Å². The summed E-state index contributed by atoms with van der Waals surface area (Å²) in [7, 11) is -1.35. The van der Waals surface area contributed by atoms with E-state index in [1.165, 1.54) is 5.19 Å². The number of hydrogen-bond donors (Lipinski definition) is 1. The molecule has 1 N–H and O–H groups in total. The van der Waals surface area contributed by atoms with Gasteiger partial charge in [-0.15, -0.1) is 12.4 Å². The van der Waals surface area contributed by atoms with Crippen LogP contribution in [0.1, 0.15) is 25.3 Å². The van der Waals surface area contributed by atoms with E-state index in [-0.39, 0.29) is 25.0 Å². The van der Waals surface area contributed by atoms with Crippen LogP contribution in [0.4, 0.5) is 0 Å². The van der Waals surface area contributed by atoms with Crippen LogP contribution >= 0.6 is 12.4 Å². The van der Waals surface area contributed by atoms with Crippen LogP contribution in [0.5, 0.6) is 0 Å². The van der Waals surface area contributed by atoms with Crippen LogP contribution in [0.3, 0.4) is 0 Å². The summed E-state index contributed by atoms with van der Waals surface area (Å²) in [6, 6.07) is 8.04. The van der Waals surface area contributed by atoms with Gasteiger partial charge in [0.1, 0.15) is 12.5 Å². The molecule has 24 heavy (non-hydrogen) atoms. The predicted octanol–water partition coefficient (Wildman–Crippen LogP) is 2.61. The summed E-state index contributed by atoms with van der Waals surface area (Å²) in [5.74, 6) is -0.942. The molecule has 0 bridgehead atoms. The van der Waals surface area contributed by atoms with Gasteiger partial charge in [0.2, 0.25) is 0 Å². The van der Waals surface area contributed by atoms with Crippen molar-refractivity contribution in [3.05, 3.63) is 29.8 Å². The molecule has 0 amide bonds. The van der Waals surface area contributed by atoms with Crippen molar-refractivity contribution < 1.29 is 14.6 Å². The van der Waals surface area contributed by atoms with E-state index in [0.717, 1.165) is 25.2 Å². The number of aliphatic hydroxyl groups is 1. The van der Waals surface area contributed by atoms with Crippen molar-refractivity contribution in [3.63, 3.8) is 0 Å². The summed E-state index contributed by atoms with van der Waals surface area (Å²) in [6.07, 6.45) is 0. The number of ether oxygens (including phenoxy) is 1. The Bertz CT molecular complexity index is 484. The minimum absolute atomic E-state index is 0. The summed E-state index contributed by atoms with van der Waals surface area (Å²) < 4.78 is 5.35. The van der Waals surface area contributed by atoms with Gasteiger partial charge in [0, 0.05) is 6.54 Å². The van der Waals surface area contributed by atoms with E-state index in [1.54, 1.807) is 0 Å². The molecule has 1 rings (SSSR count). The van der Waals surface area contributed by atoms with Crippen molar-refractivity contribution in [3.8, 4) is 0 Å². The highest BCUT2D eigenvalue weighted by molar-refractivity contribution is 6.88. The molecule has 0 spiro atoms. The number of nitrogens with zero attached hydrogens (tertiary/aromatic N) is 1. The minimum Gasteiger partial charge on any atom is -0.464 e. The fourth-order valence-electron chi connectivity index (χ4n) is 2.45. The second-order valence-corrected chi connectivity index (χ2v) is 11.9. The van der Waals surface area contributed by atoms with Gasteiger partial charge < -0.3 is 14.7 Å². The third kappa shape index (κ3) is 6.93. The van der Waals surface area contributed by atoms with E-state index >= 15 is 0 Å². The molecule has 1 aromatic rings. The average Bonchev–Trinajstić information content (AvgIpc) is 2.52. The molecule has 0 heterocycles. The molecule has 6 heteroatoms. The highest BCUT2D eigenvalue weighted by atomic mass is 35.5. The van der Waals surface area contributed by atoms with Crippen molar-refractivity contribution in [2.24, 2.45) is 0 Å². The molecule has 0 saturated heterocycles. The van der Waals surface area contributed by atoms with E-state index in [2.05, 4.69) is 50.5 Å². The molecule has 0 aromatic heterocycles. The third-order valence-electron chi connectivity index (χ3n) is 4.19. The van der Waals surface area contributed by atoms with Crippen LogP contribution in [0.25, 0.3) is 0 Å². The minimum atomic E-state index is -1.35. The summed E-state index contributed by atoms with van der Waals surface area (Å²) in [5.41, 5.74) is 0.822. The Balaban J connectivity index is 0.00000529. The van der Waals surface area contributed by atoms with E-state index in [1.807, 2.05) is 12.1 Å². The van der Waals surface area contributed by atoms with Gasteiger partial charge in [-0.2, -0.15) is 0 Å². The summed E-state index contributed by atoms with van der Waals surface area (Å²) >= 11 is 0. The Morgan fingerprint density at radius 3 is 2.12 bits per heavy atom. The van der Waals surface area contributed by atoms with Gasteiger partial charge in [-0.1, -0.05) is 62.9 Å². The number of hydrogen-bond acceptors (Lipinski definition) is 4. The number of aliphatic hydroxyl groups excluding tert-OH is 1. The predicted molar refractivity (Wildman–Crippen MR) is 105 cm³/mol. The largest absolute Gasteiger partial charge is 0.464 e. The highest BCUT2D eigenvalue weighted by Gasteiger charge is 2.23. The van der Waals surface area contributed by atoms with Crippen LogP contribution in [0, 0.1) is 0 Å². The van der Waals surface area contributed by atoms with Gasteiger partial charge in [0.05, 0.1) is 14.7 Å². The molecule has 4 nitrogen and oxygen atoms in total. The molecule has 138 valence electrons. The van der Waals surface area contributed by atoms with Gasteiger partial charge >= 0.3 is 5.97 Å². The van der Waals surface area contributed by atoms with E-state index < -0.39 is 14.0 Å². The Kier molecular flexibility index (Phi) is 10.5. The van der Waals surface area contributed by atoms with Crippen molar-refractivity contribution in [1.82, 2.24) is 4.90 Å². The quantitative estimate of drug-likeness (QED) is 0.534. The normalized spacial score (nSPS) is 12.6. The number of halogens is 1. The second-order valence-electron chi connectivity index (χ2n) is 6.80. The van der Waals surface area contributed by atoms with E-state index in [4.69, 9.17) is 4.74 Å². The Morgan fingerprint density at radius 2 is 1.71 bits per heavy atom. The smallest absolute Gasteiger partial charge is 0.315 e. The first-order valence-corrected chi connectivity index (χ1v) is 11.9.